The molecule has 0 radical (unpaired) electrons. The Morgan fingerprint density at radius 3 is 2.54 bits per heavy atom. The predicted octanol–water partition coefficient (Wildman–Crippen LogP) is 4.85. The molecule has 12 heteroatoms. The number of aliphatic hydroxyl groups excluding tert-OH is 2. The molecule has 1 aliphatic carbocycles. The zero-order valence-corrected chi connectivity index (χ0v) is 30.2. The third-order valence-corrected chi connectivity index (χ3v) is 13.5. The van der Waals surface area contributed by atoms with Gasteiger partial charge >= 0.3 is 11.9 Å². The number of hydrogen-bond acceptors (Lipinski definition) is 8. The first-order valence-electron chi connectivity index (χ1n) is 13.8. The number of cyclic esters (lactones) is 1. The number of ether oxygens (including phenoxy) is 4. The highest BCUT2D eigenvalue weighted by Gasteiger charge is 2.54. The lowest BCUT2D eigenvalue weighted by Crippen LogP contribution is -2.51. The Balaban J connectivity index is 1.56. The van der Waals surface area contributed by atoms with Crippen molar-refractivity contribution in [3.8, 4) is 0 Å². The molecular weight excluding hydrogens is 871 g/mol. The highest BCUT2D eigenvalue weighted by molar-refractivity contribution is 14.1. The summed E-state index contributed by atoms with van der Waals surface area (Å²) < 4.78 is 26.0. The van der Waals surface area contributed by atoms with E-state index < -0.39 is 48.6 Å². The van der Waals surface area contributed by atoms with Crippen LogP contribution in [-0.2, 0) is 23.7 Å². The minimum Gasteiger partial charge on any atom is -0.457 e. The number of nitrogens with one attached hydrogen (secondary N) is 1. The van der Waals surface area contributed by atoms with E-state index in [1.807, 2.05) is 20.8 Å². The van der Waals surface area contributed by atoms with Gasteiger partial charge in [-0.1, -0.05) is 37.6 Å². The van der Waals surface area contributed by atoms with E-state index in [9.17, 15) is 19.8 Å². The Bertz CT molecular complexity index is 1180. The number of fused-ring (bicyclic) bond motifs is 2. The molecule has 3 heterocycles. The average Bonchev–Trinajstić information content (AvgIpc) is 3.41. The number of carbonyl (C=O) groups is 2. The van der Waals surface area contributed by atoms with Gasteiger partial charge in [0.2, 0.25) is 0 Å². The van der Waals surface area contributed by atoms with Crippen LogP contribution in [0.3, 0.4) is 0 Å². The molecule has 2 fully saturated rings. The van der Waals surface area contributed by atoms with Crippen molar-refractivity contribution < 1.29 is 38.7 Å². The zero-order valence-electron chi connectivity index (χ0n) is 23.7. The molecule has 1 saturated heterocycles. The number of aliphatic hydroxyl groups is 2. The van der Waals surface area contributed by atoms with Crippen LogP contribution in [0.4, 0.5) is 0 Å². The second-order valence-corrected chi connectivity index (χ2v) is 14.8. The molecule has 1 aromatic heterocycles. The maximum atomic E-state index is 13.2. The van der Waals surface area contributed by atoms with Crippen LogP contribution in [0.1, 0.15) is 51.0 Å². The van der Waals surface area contributed by atoms with Crippen molar-refractivity contribution >= 4 is 79.7 Å². The first-order chi connectivity index (χ1) is 19.3. The molecule has 9 nitrogen and oxygen atoms in total. The topological polar surface area (TPSA) is 127 Å². The smallest absolute Gasteiger partial charge is 0.356 e. The Morgan fingerprint density at radius 2 is 1.93 bits per heavy atom. The van der Waals surface area contributed by atoms with Crippen LogP contribution < -0.4 is 0 Å². The van der Waals surface area contributed by atoms with Gasteiger partial charge in [-0.05, 0) is 100 Å². The van der Waals surface area contributed by atoms with E-state index >= 15 is 0 Å². The van der Waals surface area contributed by atoms with Gasteiger partial charge in [-0.2, -0.15) is 0 Å². The van der Waals surface area contributed by atoms with Gasteiger partial charge in [-0.15, -0.1) is 0 Å². The number of hydrogen-bond donors (Lipinski definition) is 3. The summed E-state index contributed by atoms with van der Waals surface area (Å²) in [7, 11) is 1.49. The summed E-state index contributed by atoms with van der Waals surface area (Å²) in [6.45, 7) is 7.87. The van der Waals surface area contributed by atoms with Gasteiger partial charge in [0.25, 0.3) is 0 Å². The van der Waals surface area contributed by atoms with Crippen molar-refractivity contribution in [1.82, 2.24) is 4.98 Å². The van der Waals surface area contributed by atoms with Crippen molar-refractivity contribution in [1.29, 1.82) is 0 Å². The van der Waals surface area contributed by atoms with Crippen molar-refractivity contribution in [3.05, 3.63) is 40.3 Å². The average molecular weight is 909 g/mol. The van der Waals surface area contributed by atoms with Crippen LogP contribution in [0, 0.1) is 40.4 Å². The number of rotatable bonds is 6. The SMILES string of the molecule is CO[C@H]1CC(/C=C\[C@@H]2[C@@H]3CO[C@H]2[C@H](OC(=O)c2[nH]c(I)c(I)c2I)[C@H](C)[C@H]3O)C/C(C)=C/[C@@H](C)[C@@H](C(C)O)OC1=O. The molecule has 2 bridgehead atoms. The molecule has 1 saturated carbocycles. The van der Waals surface area contributed by atoms with Gasteiger partial charge in [0.15, 0.2) is 6.10 Å². The predicted molar refractivity (Wildman–Crippen MR) is 177 cm³/mol. The van der Waals surface area contributed by atoms with Crippen LogP contribution in [0.2, 0.25) is 0 Å². The third kappa shape index (κ3) is 7.35. The van der Waals surface area contributed by atoms with Gasteiger partial charge in [-0.3, -0.25) is 0 Å². The van der Waals surface area contributed by atoms with E-state index in [-0.39, 0.29) is 29.6 Å². The van der Waals surface area contributed by atoms with Crippen molar-refractivity contribution in [2.45, 2.75) is 77.2 Å². The van der Waals surface area contributed by atoms with Gasteiger partial charge in [0.05, 0.1) is 29.7 Å². The van der Waals surface area contributed by atoms with Crippen molar-refractivity contribution in [2.75, 3.05) is 13.7 Å². The molecule has 2 aliphatic heterocycles. The van der Waals surface area contributed by atoms with E-state index in [0.717, 1.165) is 16.4 Å². The first-order valence-corrected chi connectivity index (χ1v) is 17.1. The molecule has 0 aromatic carbocycles. The molecule has 3 aliphatic rings. The van der Waals surface area contributed by atoms with Crippen LogP contribution in [0.25, 0.3) is 0 Å². The van der Waals surface area contributed by atoms with E-state index in [1.165, 1.54) is 7.11 Å². The van der Waals surface area contributed by atoms with Crippen LogP contribution in [0.15, 0.2) is 23.8 Å². The van der Waals surface area contributed by atoms with Crippen molar-refractivity contribution in [3.63, 3.8) is 0 Å². The minimum absolute atomic E-state index is 0.0411. The second-order valence-electron chi connectivity index (χ2n) is 11.5. The normalized spacial score (nSPS) is 38.3. The molecule has 2 unspecified atom stereocenters. The summed E-state index contributed by atoms with van der Waals surface area (Å²) in [5, 5.41) is 21.4. The molecule has 0 spiro atoms. The minimum atomic E-state index is -0.809. The third-order valence-electron chi connectivity index (χ3n) is 8.51. The van der Waals surface area contributed by atoms with E-state index in [1.54, 1.807) is 6.92 Å². The molecule has 11 atom stereocenters. The van der Waals surface area contributed by atoms with E-state index in [0.29, 0.717) is 25.1 Å². The summed E-state index contributed by atoms with van der Waals surface area (Å²) in [6.07, 6.45) is 3.34. The Kier molecular flexibility index (Phi) is 11.7. The molecule has 4 rings (SSSR count). The zero-order chi connectivity index (χ0) is 30.2. The summed E-state index contributed by atoms with van der Waals surface area (Å²) in [4.78, 5) is 29.3. The monoisotopic (exact) mass is 909 g/mol. The number of aromatic amines is 1. The maximum Gasteiger partial charge on any atom is 0.356 e. The summed E-state index contributed by atoms with van der Waals surface area (Å²) >= 11 is 6.49. The lowest BCUT2D eigenvalue weighted by Gasteiger charge is -2.40. The fourth-order valence-corrected chi connectivity index (χ4v) is 8.43. The molecule has 41 heavy (non-hydrogen) atoms. The standard InChI is InChI=1S/C29H38I3NO8/c1-12-8-13(2)24(15(4)34)40-28(36)19(38-5)10-16(9-12)6-7-17-18-11-39-26(17)25(14(3)23(18)35)41-29(37)22-20(30)21(31)27(32)33-22/h6-8,13-19,23-26,33-35H,9-11H2,1-5H3/b7-6-,12-8+/t13-,14-,15?,16?,17-,18+,19+,23-,24+,25-,26-/m1/s1. The molecule has 1 aromatic rings. The fraction of sp³-hybridized carbons (Fsp3) is 0.655. The van der Waals surface area contributed by atoms with Crippen molar-refractivity contribution in [2.24, 2.45) is 29.6 Å². The van der Waals surface area contributed by atoms with Gasteiger partial charge in [-0.25, -0.2) is 9.59 Å². The Labute approximate surface area is 282 Å². The first kappa shape index (κ1) is 33.6. The largest absolute Gasteiger partial charge is 0.457 e. The fourth-order valence-electron chi connectivity index (χ4n) is 6.35. The van der Waals surface area contributed by atoms with Gasteiger partial charge in [0, 0.05) is 30.8 Å². The van der Waals surface area contributed by atoms with E-state index in [2.05, 4.69) is 91.0 Å². The number of methoxy groups -OCH3 is 1. The lowest BCUT2D eigenvalue weighted by atomic mass is 9.71. The summed E-state index contributed by atoms with van der Waals surface area (Å²) in [5.41, 5.74) is 1.53. The van der Waals surface area contributed by atoms with Gasteiger partial charge in [0.1, 0.15) is 24.0 Å². The number of allylic oxidation sites excluding steroid dienone is 2. The molecule has 0 amide bonds. The lowest BCUT2D eigenvalue weighted by molar-refractivity contribution is -0.169. The molecule has 3 N–H and O–H groups in total. The molecular formula is C29H38I3NO8. The van der Waals surface area contributed by atoms with Gasteiger partial charge < -0.3 is 34.1 Å². The number of carbonyl (C=O) groups excluding carboxylic acids is 2. The maximum absolute atomic E-state index is 13.2. The van der Waals surface area contributed by atoms with Crippen LogP contribution in [0.5, 0.6) is 0 Å². The quantitative estimate of drug-likeness (QED) is 0.210. The second kappa shape index (κ2) is 14.2. The summed E-state index contributed by atoms with van der Waals surface area (Å²) in [6, 6.07) is 0. The number of halogens is 3. The van der Waals surface area contributed by atoms with Crippen LogP contribution in [-0.4, -0.2) is 77.5 Å². The summed E-state index contributed by atoms with van der Waals surface area (Å²) in [5.74, 6) is -1.73. The number of aromatic nitrogens is 1. The highest BCUT2D eigenvalue weighted by atomic mass is 127. The number of esters is 2. The highest BCUT2D eigenvalue weighted by Crippen LogP contribution is 2.44. The molecule has 228 valence electrons. The van der Waals surface area contributed by atoms with Crippen LogP contribution >= 0.6 is 67.8 Å². The Hall–Kier alpha value is -0.270. The Morgan fingerprint density at radius 1 is 1.22 bits per heavy atom. The van der Waals surface area contributed by atoms with E-state index in [4.69, 9.17) is 18.9 Å². The number of H-pyrrole nitrogens is 1.